The van der Waals surface area contributed by atoms with E-state index in [0.717, 1.165) is 6.08 Å². The lowest BCUT2D eigenvalue weighted by molar-refractivity contribution is -0.385. The molecule has 0 bridgehead atoms. The first kappa shape index (κ1) is 17.9. The number of carbonyl (C=O) groups excluding carboxylic acids is 1. The third-order valence-electron chi connectivity index (χ3n) is 3.44. The lowest BCUT2D eigenvalue weighted by Crippen LogP contribution is -2.01. The summed E-state index contributed by atoms with van der Waals surface area (Å²) in [6.45, 7) is -0.270. The number of nitro benzene ring substituents is 1. The standard InChI is InChI=1S/C18H12FN3O5/c19-14-8-5-13(6-9-14)18-20-16(27-21-18)11-26-17(23)10-7-12-3-1-2-4-15(12)22(24)25/h1-10H,11H2/b10-7+. The van der Waals surface area contributed by atoms with Gasteiger partial charge in [0.1, 0.15) is 5.82 Å². The molecule has 0 aliphatic carbocycles. The van der Waals surface area contributed by atoms with Crippen molar-refractivity contribution in [1.82, 2.24) is 10.1 Å². The molecule has 0 N–H and O–H groups in total. The first-order chi connectivity index (χ1) is 13.0. The first-order valence-corrected chi connectivity index (χ1v) is 7.70. The summed E-state index contributed by atoms with van der Waals surface area (Å²) in [5, 5.41) is 14.6. The topological polar surface area (TPSA) is 108 Å². The molecule has 0 radical (unpaired) electrons. The molecule has 3 rings (SSSR count). The number of para-hydroxylation sites is 1. The van der Waals surface area contributed by atoms with Crippen molar-refractivity contribution in [3.63, 3.8) is 0 Å². The molecule has 1 heterocycles. The number of carbonyl (C=O) groups is 1. The summed E-state index contributed by atoms with van der Waals surface area (Å²) in [5.74, 6) is -0.824. The molecule has 1 aromatic heterocycles. The van der Waals surface area contributed by atoms with Gasteiger partial charge >= 0.3 is 5.97 Å². The lowest BCUT2D eigenvalue weighted by atomic mass is 10.1. The molecule has 9 heteroatoms. The van der Waals surface area contributed by atoms with Gasteiger partial charge < -0.3 is 9.26 Å². The van der Waals surface area contributed by atoms with Crippen LogP contribution in [0.3, 0.4) is 0 Å². The fourth-order valence-corrected chi connectivity index (χ4v) is 2.16. The van der Waals surface area contributed by atoms with Crippen LogP contribution in [-0.4, -0.2) is 21.0 Å². The molecule has 0 saturated carbocycles. The molecule has 0 atom stereocenters. The Hall–Kier alpha value is -3.88. The van der Waals surface area contributed by atoms with Gasteiger partial charge in [0.25, 0.3) is 11.6 Å². The van der Waals surface area contributed by atoms with Crippen molar-refractivity contribution in [3.05, 3.63) is 82.0 Å². The van der Waals surface area contributed by atoms with E-state index >= 15 is 0 Å². The Kier molecular flexibility index (Phi) is 5.31. The van der Waals surface area contributed by atoms with Gasteiger partial charge in [-0.2, -0.15) is 4.98 Å². The van der Waals surface area contributed by atoms with E-state index in [1.807, 2.05) is 0 Å². The van der Waals surface area contributed by atoms with E-state index in [4.69, 9.17) is 9.26 Å². The quantitative estimate of drug-likeness (QED) is 0.283. The van der Waals surface area contributed by atoms with Crippen LogP contribution in [0.5, 0.6) is 0 Å². The Balaban J connectivity index is 1.60. The Morgan fingerprint density at radius 3 is 2.70 bits per heavy atom. The van der Waals surface area contributed by atoms with Crippen molar-refractivity contribution in [2.24, 2.45) is 0 Å². The number of hydrogen-bond donors (Lipinski definition) is 0. The van der Waals surface area contributed by atoms with Crippen molar-refractivity contribution in [3.8, 4) is 11.4 Å². The number of hydrogen-bond acceptors (Lipinski definition) is 7. The predicted molar refractivity (Wildman–Crippen MR) is 91.6 cm³/mol. The Morgan fingerprint density at radius 1 is 1.22 bits per heavy atom. The van der Waals surface area contributed by atoms with Gasteiger partial charge in [-0.3, -0.25) is 10.1 Å². The second-order valence-corrected chi connectivity index (χ2v) is 5.28. The molecular formula is C18H12FN3O5. The Bertz CT molecular complexity index is 998. The maximum absolute atomic E-state index is 12.9. The summed E-state index contributed by atoms with van der Waals surface area (Å²) in [5.41, 5.74) is 0.701. The molecule has 0 unspecified atom stereocenters. The molecule has 0 saturated heterocycles. The monoisotopic (exact) mass is 369 g/mol. The van der Waals surface area contributed by atoms with E-state index in [1.165, 1.54) is 48.5 Å². The van der Waals surface area contributed by atoms with E-state index in [2.05, 4.69) is 10.1 Å². The highest BCUT2D eigenvalue weighted by Crippen LogP contribution is 2.19. The zero-order chi connectivity index (χ0) is 19.2. The van der Waals surface area contributed by atoms with Gasteiger partial charge in [0, 0.05) is 17.7 Å². The fraction of sp³-hybridized carbons (Fsp3) is 0.0556. The third-order valence-corrected chi connectivity index (χ3v) is 3.44. The average Bonchev–Trinajstić information content (AvgIpc) is 3.14. The van der Waals surface area contributed by atoms with Crippen molar-refractivity contribution in [1.29, 1.82) is 0 Å². The summed E-state index contributed by atoms with van der Waals surface area (Å²) in [6.07, 6.45) is 2.36. The predicted octanol–water partition coefficient (Wildman–Crippen LogP) is 3.54. The Labute approximate surface area is 152 Å². The van der Waals surface area contributed by atoms with Gasteiger partial charge in [-0.15, -0.1) is 0 Å². The number of halogens is 1. The van der Waals surface area contributed by atoms with E-state index in [9.17, 15) is 19.3 Å². The highest BCUT2D eigenvalue weighted by Gasteiger charge is 2.12. The van der Waals surface area contributed by atoms with Crippen molar-refractivity contribution in [2.75, 3.05) is 0 Å². The lowest BCUT2D eigenvalue weighted by Gasteiger charge is -1.98. The van der Waals surface area contributed by atoms with Crippen LogP contribution in [0.2, 0.25) is 0 Å². The molecule has 2 aromatic carbocycles. The number of nitro groups is 1. The minimum absolute atomic E-state index is 0.0572. The van der Waals surface area contributed by atoms with Gasteiger partial charge in [-0.25, -0.2) is 9.18 Å². The molecule has 27 heavy (non-hydrogen) atoms. The van der Waals surface area contributed by atoms with E-state index in [-0.39, 0.29) is 35.4 Å². The number of ether oxygens (including phenoxy) is 1. The van der Waals surface area contributed by atoms with Crippen LogP contribution in [0.1, 0.15) is 11.5 Å². The van der Waals surface area contributed by atoms with Crippen molar-refractivity contribution < 1.29 is 23.4 Å². The maximum Gasteiger partial charge on any atom is 0.331 e. The summed E-state index contributed by atoms with van der Waals surface area (Å²) in [6, 6.07) is 11.5. The molecule has 0 spiro atoms. The summed E-state index contributed by atoms with van der Waals surface area (Å²) in [7, 11) is 0. The zero-order valence-electron chi connectivity index (χ0n) is 13.7. The zero-order valence-corrected chi connectivity index (χ0v) is 13.7. The van der Waals surface area contributed by atoms with Gasteiger partial charge in [0.05, 0.1) is 10.5 Å². The number of aromatic nitrogens is 2. The van der Waals surface area contributed by atoms with Gasteiger partial charge in [0.15, 0.2) is 6.61 Å². The first-order valence-electron chi connectivity index (χ1n) is 7.70. The van der Waals surface area contributed by atoms with Crippen LogP contribution >= 0.6 is 0 Å². The van der Waals surface area contributed by atoms with Crippen LogP contribution in [0, 0.1) is 15.9 Å². The van der Waals surface area contributed by atoms with Gasteiger partial charge in [0.2, 0.25) is 5.82 Å². The SMILES string of the molecule is O=C(/C=C/c1ccccc1[N+](=O)[O-])OCc1nc(-c2ccc(F)cc2)no1. The van der Waals surface area contributed by atoms with Crippen LogP contribution in [-0.2, 0) is 16.1 Å². The minimum atomic E-state index is -0.727. The van der Waals surface area contributed by atoms with Crippen molar-refractivity contribution >= 4 is 17.7 Å². The smallest absolute Gasteiger partial charge is 0.331 e. The largest absolute Gasteiger partial charge is 0.452 e. The van der Waals surface area contributed by atoms with Crippen LogP contribution < -0.4 is 0 Å². The maximum atomic E-state index is 12.9. The highest BCUT2D eigenvalue weighted by molar-refractivity contribution is 5.87. The molecule has 0 aliphatic heterocycles. The second-order valence-electron chi connectivity index (χ2n) is 5.28. The highest BCUT2D eigenvalue weighted by atomic mass is 19.1. The average molecular weight is 369 g/mol. The summed E-state index contributed by atoms with van der Waals surface area (Å²) >= 11 is 0. The van der Waals surface area contributed by atoms with E-state index in [0.29, 0.717) is 5.56 Å². The molecule has 0 amide bonds. The van der Waals surface area contributed by atoms with E-state index < -0.39 is 10.9 Å². The second kappa shape index (κ2) is 8.00. The van der Waals surface area contributed by atoms with Crippen LogP contribution in [0.25, 0.3) is 17.5 Å². The molecule has 0 fully saturated rings. The molecule has 136 valence electrons. The number of rotatable bonds is 6. The fourth-order valence-electron chi connectivity index (χ4n) is 2.16. The normalized spacial score (nSPS) is 10.9. The van der Waals surface area contributed by atoms with Gasteiger partial charge in [-0.1, -0.05) is 17.3 Å². The van der Waals surface area contributed by atoms with Crippen molar-refractivity contribution in [2.45, 2.75) is 6.61 Å². The number of nitrogens with zero attached hydrogens (tertiary/aromatic N) is 3. The van der Waals surface area contributed by atoms with Crippen LogP contribution in [0.4, 0.5) is 10.1 Å². The summed E-state index contributed by atoms with van der Waals surface area (Å²) in [4.78, 5) is 26.2. The van der Waals surface area contributed by atoms with E-state index in [1.54, 1.807) is 6.07 Å². The number of benzene rings is 2. The summed E-state index contributed by atoms with van der Waals surface area (Å²) < 4.78 is 22.9. The van der Waals surface area contributed by atoms with Gasteiger partial charge in [-0.05, 0) is 36.4 Å². The third kappa shape index (κ3) is 4.60. The van der Waals surface area contributed by atoms with Crippen LogP contribution in [0.15, 0.2) is 59.1 Å². The molecule has 0 aliphatic rings. The molecule has 8 nitrogen and oxygen atoms in total. The number of esters is 1. The molecular weight excluding hydrogens is 357 g/mol. The Morgan fingerprint density at radius 2 is 1.96 bits per heavy atom. The minimum Gasteiger partial charge on any atom is -0.452 e. The molecule has 3 aromatic rings.